The molecule has 0 atom stereocenters. The number of ether oxygens (including phenoxy) is 3. The summed E-state index contributed by atoms with van der Waals surface area (Å²) in [5, 5.41) is 5.87. The number of benzene rings is 5. The molecule has 0 aliphatic carbocycles. The average molecular weight is 545 g/mol. The van der Waals surface area contributed by atoms with E-state index >= 15 is 0 Å². The van der Waals surface area contributed by atoms with Gasteiger partial charge < -0.3 is 14.2 Å². The van der Waals surface area contributed by atoms with Gasteiger partial charge >= 0.3 is 5.97 Å². The van der Waals surface area contributed by atoms with E-state index in [2.05, 4.69) is 10.5 Å². The molecule has 0 fully saturated rings. The fourth-order valence-electron chi connectivity index (χ4n) is 4.23. The van der Waals surface area contributed by atoms with Gasteiger partial charge in [0.1, 0.15) is 17.2 Å². The predicted molar refractivity (Wildman–Crippen MR) is 160 cm³/mol. The Bertz CT molecular complexity index is 1660. The van der Waals surface area contributed by atoms with E-state index < -0.39 is 11.9 Å². The highest BCUT2D eigenvalue weighted by molar-refractivity contribution is 6.04. The number of nitrogens with one attached hydrogen (secondary N) is 1. The lowest BCUT2D eigenvalue weighted by atomic mass is 10.0. The highest BCUT2D eigenvalue weighted by Gasteiger charge is 2.14. The first-order valence-corrected chi connectivity index (χ1v) is 13.2. The van der Waals surface area contributed by atoms with E-state index in [4.69, 9.17) is 14.2 Å². The number of carbonyl (C=O) groups is 2. The molecule has 5 rings (SSSR count). The Morgan fingerprint density at radius 2 is 1.39 bits per heavy atom. The zero-order chi connectivity index (χ0) is 28.4. The van der Waals surface area contributed by atoms with Crippen LogP contribution in [0, 0.1) is 0 Å². The summed E-state index contributed by atoms with van der Waals surface area (Å²) in [6.07, 6.45) is 1.47. The molecule has 0 aliphatic rings. The standard InChI is InChI=1S/C34H28N2O5/c1-2-39-28-19-14-27(15-20-28)34(38)41-32-21-16-26-10-6-7-11-30(26)31(32)22-35-36-33(37)23-40-29-17-12-25(13-18-29)24-8-4-3-5-9-24/h3-22H,2,23H2,1H3,(H,36,37)/b35-22-. The van der Waals surface area contributed by atoms with Crippen molar-refractivity contribution < 1.29 is 23.8 Å². The van der Waals surface area contributed by atoms with Crippen LogP contribution in [0.1, 0.15) is 22.8 Å². The smallest absolute Gasteiger partial charge is 0.343 e. The zero-order valence-corrected chi connectivity index (χ0v) is 22.4. The van der Waals surface area contributed by atoms with Gasteiger partial charge in [-0.3, -0.25) is 4.79 Å². The zero-order valence-electron chi connectivity index (χ0n) is 22.4. The third-order valence-corrected chi connectivity index (χ3v) is 6.25. The van der Waals surface area contributed by atoms with Gasteiger partial charge in [-0.25, -0.2) is 10.2 Å². The fraction of sp³-hybridized carbons (Fsp3) is 0.0882. The fourth-order valence-corrected chi connectivity index (χ4v) is 4.23. The lowest BCUT2D eigenvalue weighted by Gasteiger charge is -2.11. The number of rotatable bonds is 10. The van der Waals surface area contributed by atoms with Gasteiger partial charge in [-0.2, -0.15) is 5.10 Å². The van der Waals surface area contributed by atoms with Gasteiger partial charge in [0.05, 0.1) is 18.4 Å². The van der Waals surface area contributed by atoms with Gasteiger partial charge in [-0.1, -0.05) is 72.8 Å². The molecule has 0 spiro atoms. The lowest BCUT2D eigenvalue weighted by molar-refractivity contribution is -0.123. The average Bonchev–Trinajstić information content (AvgIpc) is 3.02. The third-order valence-electron chi connectivity index (χ3n) is 6.25. The summed E-state index contributed by atoms with van der Waals surface area (Å²) in [6, 6.07) is 35.5. The third kappa shape index (κ3) is 6.96. The van der Waals surface area contributed by atoms with Crippen molar-refractivity contribution in [2.45, 2.75) is 6.92 Å². The molecule has 7 nitrogen and oxygen atoms in total. The number of hydrogen-bond donors (Lipinski definition) is 1. The van der Waals surface area contributed by atoms with Crippen molar-refractivity contribution in [2.24, 2.45) is 5.10 Å². The van der Waals surface area contributed by atoms with E-state index in [1.165, 1.54) is 6.21 Å². The minimum absolute atomic E-state index is 0.211. The number of carbonyl (C=O) groups excluding carboxylic acids is 2. The summed E-state index contributed by atoms with van der Waals surface area (Å²) >= 11 is 0. The molecule has 0 aliphatic heterocycles. The second kappa shape index (κ2) is 13.1. The van der Waals surface area contributed by atoms with Crippen LogP contribution in [0.15, 0.2) is 120 Å². The molecular weight excluding hydrogens is 516 g/mol. The van der Waals surface area contributed by atoms with E-state index in [0.29, 0.717) is 35.0 Å². The Balaban J connectivity index is 1.24. The van der Waals surface area contributed by atoms with E-state index in [-0.39, 0.29) is 6.61 Å². The second-order valence-electron chi connectivity index (χ2n) is 9.02. The Labute approximate surface area is 238 Å². The molecule has 5 aromatic carbocycles. The first-order chi connectivity index (χ1) is 20.1. The van der Waals surface area contributed by atoms with Crippen molar-refractivity contribution >= 4 is 28.9 Å². The molecule has 204 valence electrons. The lowest BCUT2D eigenvalue weighted by Crippen LogP contribution is -2.24. The van der Waals surface area contributed by atoms with Gasteiger partial charge in [0.25, 0.3) is 5.91 Å². The number of amides is 1. The van der Waals surface area contributed by atoms with Crippen molar-refractivity contribution in [1.82, 2.24) is 5.43 Å². The maximum atomic E-state index is 12.9. The Hall–Kier alpha value is -5.43. The van der Waals surface area contributed by atoms with Crippen LogP contribution in [-0.4, -0.2) is 31.3 Å². The van der Waals surface area contributed by atoms with Crippen molar-refractivity contribution in [3.05, 3.63) is 126 Å². The molecule has 1 N–H and O–H groups in total. The van der Waals surface area contributed by atoms with Gasteiger partial charge in [0, 0.05) is 5.56 Å². The Morgan fingerprint density at radius 1 is 0.732 bits per heavy atom. The number of esters is 1. The minimum atomic E-state index is -0.520. The number of hydrazone groups is 1. The topological polar surface area (TPSA) is 86.2 Å². The first-order valence-electron chi connectivity index (χ1n) is 13.2. The Kier molecular flexibility index (Phi) is 8.66. The normalized spacial score (nSPS) is 10.9. The van der Waals surface area contributed by atoms with Crippen LogP contribution in [0.2, 0.25) is 0 Å². The molecule has 0 saturated carbocycles. The van der Waals surface area contributed by atoms with Crippen LogP contribution >= 0.6 is 0 Å². The van der Waals surface area contributed by atoms with Crippen molar-refractivity contribution in [2.75, 3.05) is 13.2 Å². The number of hydrogen-bond acceptors (Lipinski definition) is 6. The molecule has 0 heterocycles. The second-order valence-corrected chi connectivity index (χ2v) is 9.02. The largest absolute Gasteiger partial charge is 0.494 e. The summed E-state index contributed by atoms with van der Waals surface area (Å²) in [4.78, 5) is 25.3. The van der Waals surface area contributed by atoms with E-state index in [9.17, 15) is 9.59 Å². The van der Waals surface area contributed by atoms with Crippen LogP contribution in [-0.2, 0) is 4.79 Å². The van der Waals surface area contributed by atoms with Gasteiger partial charge in [0.15, 0.2) is 6.61 Å². The predicted octanol–water partition coefficient (Wildman–Crippen LogP) is 6.65. The van der Waals surface area contributed by atoms with E-state index in [0.717, 1.165) is 21.9 Å². The molecular formula is C34H28N2O5. The maximum Gasteiger partial charge on any atom is 0.343 e. The van der Waals surface area contributed by atoms with Crippen LogP contribution in [0.5, 0.6) is 17.2 Å². The molecule has 0 saturated heterocycles. The van der Waals surface area contributed by atoms with Crippen LogP contribution in [0.4, 0.5) is 0 Å². The van der Waals surface area contributed by atoms with Crippen LogP contribution in [0.25, 0.3) is 21.9 Å². The molecule has 5 aromatic rings. The van der Waals surface area contributed by atoms with Gasteiger partial charge in [0.2, 0.25) is 0 Å². The number of fused-ring (bicyclic) bond motifs is 1. The molecule has 0 unspecified atom stereocenters. The molecule has 1 amide bonds. The highest BCUT2D eigenvalue weighted by Crippen LogP contribution is 2.28. The SMILES string of the molecule is CCOc1ccc(C(=O)Oc2ccc3ccccc3c2/C=N\NC(=O)COc2ccc(-c3ccccc3)cc2)cc1. The maximum absolute atomic E-state index is 12.9. The first kappa shape index (κ1) is 27.1. The summed E-state index contributed by atoms with van der Waals surface area (Å²) in [5.74, 6) is 0.610. The van der Waals surface area contributed by atoms with E-state index in [1.807, 2.05) is 91.9 Å². The highest BCUT2D eigenvalue weighted by atomic mass is 16.5. The monoisotopic (exact) mass is 544 g/mol. The summed E-state index contributed by atoms with van der Waals surface area (Å²) in [5.41, 5.74) is 5.58. The minimum Gasteiger partial charge on any atom is -0.494 e. The summed E-state index contributed by atoms with van der Waals surface area (Å²) < 4.78 is 16.8. The molecule has 0 radical (unpaired) electrons. The van der Waals surface area contributed by atoms with Gasteiger partial charge in [-0.05, 0) is 71.3 Å². The van der Waals surface area contributed by atoms with Crippen molar-refractivity contribution in [1.29, 1.82) is 0 Å². The van der Waals surface area contributed by atoms with Crippen molar-refractivity contribution in [3.8, 4) is 28.4 Å². The van der Waals surface area contributed by atoms with Crippen LogP contribution in [0.3, 0.4) is 0 Å². The van der Waals surface area contributed by atoms with Crippen LogP contribution < -0.4 is 19.6 Å². The molecule has 0 aromatic heterocycles. The molecule has 7 heteroatoms. The summed E-state index contributed by atoms with van der Waals surface area (Å²) in [6.45, 7) is 2.22. The molecule has 41 heavy (non-hydrogen) atoms. The van der Waals surface area contributed by atoms with Crippen molar-refractivity contribution in [3.63, 3.8) is 0 Å². The van der Waals surface area contributed by atoms with E-state index in [1.54, 1.807) is 30.3 Å². The quantitative estimate of drug-likeness (QED) is 0.0920. The number of nitrogens with zero attached hydrogens (tertiary/aromatic N) is 1. The Morgan fingerprint density at radius 3 is 2.15 bits per heavy atom. The summed E-state index contributed by atoms with van der Waals surface area (Å²) in [7, 11) is 0. The van der Waals surface area contributed by atoms with Gasteiger partial charge in [-0.15, -0.1) is 0 Å². The molecule has 0 bridgehead atoms.